The van der Waals surface area contributed by atoms with Gasteiger partial charge in [-0.2, -0.15) is 0 Å². The molecule has 0 N–H and O–H groups in total. The van der Waals surface area contributed by atoms with Gasteiger partial charge in [-0.15, -0.1) is 0 Å². The maximum absolute atomic E-state index is 11.6. The van der Waals surface area contributed by atoms with Crippen LogP contribution in [0.5, 0.6) is 0 Å². The minimum atomic E-state index is -1.08. The first-order valence-electron chi connectivity index (χ1n) is 8.80. The highest BCUT2D eigenvalue weighted by atomic mass is 28.3. The van der Waals surface area contributed by atoms with E-state index in [1.54, 1.807) is 0 Å². The summed E-state index contributed by atoms with van der Waals surface area (Å²) in [7, 11) is -1.08. The zero-order valence-corrected chi connectivity index (χ0v) is 16.5. The maximum atomic E-state index is 11.6. The summed E-state index contributed by atoms with van der Waals surface area (Å²) in [6.07, 6.45) is 7.56. The molecule has 0 saturated heterocycles. The third-order valence-corrected chi connectivity index (χ3v) is 5.53. The van der Waals surface area contributed by atoms with Crippen LogP contribution in [-0.4, -0.2) is 33.2 Å². The molecule has 23 heavy (non-hydrogen) atoms. The van der Waals surface area contributed by atoms with Gasteiger partial charge in [-0.1, -0.05) is 58.8 Å². The highest BCUT2D eigenvalue weighted by molar-refractivity contribution is 6.76. The van der Waals surface area contributed by atoms with E-state index in [9.17, 15) is 9.59 Å². The van der Waals surface area contributed by atoms with E-state index in [1.165, 1.54) is 0 Å². The molecule has 0 amide bonds. The lowest BCUT2D eigenvalue weighted by molar-refractivity contribution is -0.141. The number of esters is 2. The summed E-state index contributed by atoms with van der Waals surface area (Å²) in [5, 5.41) is 0. The summed E-state index contributed by atoms with van der Waals surface area (Å²) in [4.78, 5) is 23.1. The first kappa shape index (κ1) is 21.9. The molecule has 0 spiro atoms. The largest absolute Gasteiger partial charge is 0.463 e. The molecule has 0 heterocycles. The van der Waals surface area contributed by atoms with Gasteiger partial charge in [0.25, 0.3) is 0 Å². The molecule has 0 fully saturated rings. The first-order chi connectivity index (χ1) is 10.8. The quantitative estimate of drug-likeness (QED) is 0.225. The first-order valence-corrected chi connectivity index (χ1v) is 12.5. The van der Waals surface area contributed by atoms with Crippen LogP contribution < -0.4 is 0 Å². The zero-order chi connectivity index (χ0) is 17.7. The van der Waals surface area contributed by atoms with Crippen molar-refractivity contribution >= 4 is 20.0 Å². The molecule has 134 valence electrons. The molecule has 0 aromatic rings. The van der Waals surface area contributed by atoms with Crippen LogP contribution >= 0.6 is 0 Å². The summed E-state index contributed by atoms with van der Waals surface area (Å²) in [6.45, 7) is 11.9. The van der Waals surface area contributed by atoms with Gasteiger partial charge in [-0.3, -0.25) is 0 Å². The molecule has 1 atom stereocenters. The van der Waals surface area contributed by atoms with E-state index in [0.29, 0.717) is 19.1 Å². The predicted octanol–water partition coefficient (Wildman–Crippen LogP) is 4.57. The van der Waals surface area contributed by atoms with Crippen LogP contribution in [0.1, 0.15) is 46.0 Å². The molecule has 0 aliphatic rings. The zero-order valence-electron chi connectivity index (χ0n) is 15.5. The number of ether oxygens (including phenoxy) is 2. The van der Waals surface area contributed by atoms with Gasteiger partial charge in [-0.25, -0.2) is 9.59 Å². The maximum Gasteiger partial charge on any atom is 0.331 e. The molecule has 5 heteroatoms. The van der Waals surface area contributed by atoms with E-state index in [0.717, 1.165) is 50.3 Å². The fraction of sp³-hybridized carbons (Fsp3) is 0.778. The van der Waals surface area contributed by atoms with Crippen molar-refractivity contribution in [1.82, 2.24) is 0 Å². The highest BCUT2D eigenvalue weighted by Gasteiger charge is 2.12. The van der Waals surface area contributed by atoms with Gasteiger partial charge >= 0.3 is 11.9 Å². The number of hydrogen-bond donors (Lipinski definition) is 0. The van der Waals surface area contributed by atoms with Crippen LogP contribution in [0.4, 0.5) is 0 Å². The van der Waals surface area contributed by atoms with Gasteiger partial charge in [0.05, 0.1) is 13.2 Å². The van der Waals surface area contributed by atoms with E-state index >= 15 is 0 Å². The Kier molecular flexibility index (Phi) is 11.7. The summed E-state index contributed by atoms with van der Waals surface area (Å²) in [5.74, 6) is -0.546. The van der Waals surface area contributed by atoms with E-state index in [2.05, 4.69) is 33.5 Å². The van der Waals surface area contributed by atoms with E-state index < -0.39 is 20.0 Å². The van der Waals surface area contributed by atoms with Crippen molar-refractivity contribution in [3.05, 3.63) is 12.2 Å². The molecule has 0 saturated carbocycles. The van der Waals surface area contributed by atoms with Gasteiger partial charge in [0.2, 0.25) is 0 Å². The lowest BCUT2D eigenvalue weighted by atomic mass is 10.0. The molecule has 0 rings (SSSR count). The number of carbonyl (C=O) groups is 2. The molecule has 4 nitrogen and oxygen atoms in total. The SMILES string of the molecule is CCCCC(CC)COC(=O)/C=C/C(=O)OCCC[Si](C)(C)C. The van der Waals surface area contributed by atoms with Gasteiger partial charge in [0.15, 0.2) is 0 Å². The predicted molar refractivity (Wildman–Crippen MR) is 97.1 cm³/mol. The summed E-state index contributed by atoms with van der Waals surface area (Å²) in [6, 6.07) is 1.13. The summed E-state index contributed by atoms with van der Waals surface area (Å²) < 4.78 is 10.3. The third kappa shape index (κ3) is 14.2. The van der Waals surface area contributed by atoms with Gasteiger partial charge in [-0.05, 0) is 18.8 Å². The summed E-state index contributed by atoms with van der Waals surface area (Å²) in [5.41, 5.74) is 0. The van der Waals surface area contributed by atoms with Gasteiger partial charge in [0.1, 0.15) is 0 Å². The van der Waals surface area contributed by atoms with Crippen molar-refractivity contribution < 1.29 is 19.1 Å². The molecule has 0 aromatic heterocycles. The van der Waals surface area contributed by atoms with Crippen LogP contribution in [0, 0.1) is 5.92 Å². The standard InChI is InChI=1S/C18H34O4Si/c1-6-8-10-16(7-2)15-22-18(20)12-11-17(19)21-13-9-14-23(3,4)5/h11-12,16H,6-10,13-15H2,1-5H3/b12-11+. The Labute approximate surface area is 142 Å². The lowest BCUT2D eigenvalue weighted by Gasteiger charge is -2.14. The van der Waals surface area contributed by atoms with Crippen LogP contribution in [-0.2, 0) is 19.1 Å². The number of hydrogen-bond acceptors (Lipinski definition) is 4. The molecule has 0 radical (unpaired) electrons. The van der Waals surface area contributed by atoms with Crippen LogP contribution in [0.3, 0.4) is 0 Å². The lowest BCUT2D eigenvalue weighted by Crippen LogP contribution is -2.20. The topological polar surface area (TPSA) is 52.6 Å². The Bertz CT molecular complexity index is 372. The van der Waals surface area contributed by atoms with Crippen molar-refractivity contribution in [2.75, 3.05) is 13.2 Å². The van der Waals surface area contributed by atoms with Crippen molar-refractivity contribution in [2.24, 2.45) is 5.92 Å². The van der Waals surface area contributed by atoms with Crippen LogP contribution in [0.2, 0.25) is 25.7 Å². The minimum absolute atomic E-state index is 0.404. The Morgan fingerprint density at radius 2 is 1.61 bits per heavy atom. The molecular formula is C18H34O4Si. The fourth-order valence-corrected chi connectivity index (χ4v) is 3.31. The van der Waals surface area contributed by atoms with Gasteiger partial charge < -0.3 is 9.47 Å². The Morgan fingerprint density at radius 1 is 1.00 bits per heavy atom. The van der Waals surface area contributed by atoms with E-state index in [1.807, 2.05) is 0 Å². The van der Waals surface area contributed by atoms with E-state index in [-0.39, 0.29) is 0 Å². The molecule has 1 unspecified atom stereocenters. The molecule has 0 aliphatic heterocycles. The van der Waals surface area contributed by atoms with Crippen molar-refractivity contribution in [3.8, 4) is 0 Å². The van der Waals surface area contributed by atoms with Crippen LogP contribution in [0.25, 0.3) is 0 Å². The average molecular weight is 343 g/mol. The normalized spacial score (nSPS) is 13.1. The van der Waals surface area contributed by atoms with Crippen LogP contribution in [0.15, 0.2) is 12.2 Å². The molecule has 0 aromatic carbocycles. The Morgan fingerprint density at radius 3 is 2.13 bits per heavy atom. The monoisotopic (exact) mass is 342 g/mol. The Balaban J connectivity index is 3.91. The Hall–Kier alpha value is -1.10. The third-order valence-electron chi connectivity index (χ3n) is 3.68. The van der Waals surface area contributed by atoms with Crippen molar-refractivity contribution in [3.63, 3.8) is 0 Å². The number of carbonyl (C=O) groups excluding carboxylic acids is 2. The van der Waals surface area contributed by atoms with Crippen molar-refractivity contribution in [1.29, 1.82) is 0 Å². The minimum Gasteiger partial charge on any atom is -0.463 e. The second-order valence-corrected chi connectivity index (χ2v) is 12.8. The fourth-order valence-electron chi connectivity index (χ4n) is 2.11. The summed E-state index contributed by atoms with van der Waals surface area (Å²) >= 11 is 0. The smallest absolute Gasteiger partial charge is 0.331 e. The van der Waals surface area contributed by atoms with Gasteiger partial charge in [0, 0.05) is 20.2 Å². The molecule has 0 bridgehead atoms. The van der Waals surface area contributed by atoms with E-state index in [4.69, 9.17) is 9.47 Å². The number of rotatable bonds is 12. The molecular weight excluding hydrogens is 308 g/mol. The second kappa shape index (κ2) is 12.3. The second-order valence-electron chi connectivity index (χ2n) is 7.21. The average Bonchev–Trinajstić information content (AvgIpc) is 2.48. The highest BCUT2D eigenvalue weighted by Crippen LogP contribution is 2.13. The molecule has 0 aliphatic carbocycles. The number of unbranched alkanes of at least 4 members (excludes halogenated alkanes) is 1. The van der Waals surface area contributed by atoms with Crippen molar-refractivity contribution in [2.45, 2.75) is 71.6 Å².